The van der Waals surface area contributed by atoms with E-state index < -0.39 is 11.4 Å². The van der Waals surface area contributed by atoms with Gasteiger partial charge in [0.1, 0.15) is 6.10 Å². The molecule has 37 heavy (non-hydrogen) atoms. The van der Waals surface area contributed by atoms with E-state index in [9.17, 15) is 19.5 Å². The fraction of sp³-hybridized carbons (Fsp3) is 0.844. The third-order valence-corrected chi connectivity index (χ3v) is 13.3. The highest BCUT2D eigenvalue weighted by Gasteiger charge is 2.70. The predicted octanol–water partition coefficient (Wildman–Crippen LogP) is 6.98. The Hall–Kier alpha value is -1.65. The maximum Gasteiger partial charge on any atom is 0.309 e. The fourth-order valence-corrected chi connectivity index (χ4v) is 10.8. The molecule has 0 heterocycles. The second kappa shape index (κ2) is 7.94. The monoisotopic (exact) mass is 512 g/mol. The minimum absolute atomic E-state index is 0.0644. The van der Waals surface area contributed by atoms with Gasteiger partial charge in [0.25, 0.3) is 0 Å². The molecule has 0 spiro atoms. The zero-order valence-electron chi connectivity index (χ0n) is 24.3. The van der Waals surface area contributed by atoms with Gasteiger partial charge in [-0.25, -0.2) is 0 Å². The molecule has 0 radical (unpaired) electrons. The fourth-order valence-electron chi connectivity index (χ4n) is 10.8. The maximum atomic E-state index is 14.4. The van der Waals surface area contributed by atoms with Crippen molar-refractivity contribution >= 4 is 17.7 Å². The molecular formula is C32H48O5. The van der Waals surface area contributed by atoms with E-state index in [-0.39, 0.29) is 56.8 Å². The minimum atomic E-state index is -0.729. The first kappa shape index (κ1) is 26.9. The maximum absolute atomic E-state index is 14.4. The molecule has 5 aliphatic rings. The Morgan fingerprint density at radius 1 is 0.919 bits per heavy atom. The predicted molar refractivity (Wildman–Crippen MR) is 143 cm³/mol. The summed E-state index contributed by atoms with van der Waals surface area (Å²) in [5.74, 6) is -0.280. The summed E-state index contributed by atoms with van der Waals surface area (Å²) in [5, 5.41) is 10.1. The van der Waals surface area contributed by atoms with Gasteiger partial charge in [0, 0.05) is 18.3 Å². The number of ether oxygens (including phenoxy) is 1. The number of rotatable bonds is 2. The van der Waals surface area contributed by atoms with Crippen LogP contribution in [0.2, 0.25) is 0 Å². The average molecular weight is 513 g/mol. The van der Waals surface area contributed by atoms with Crippen LogP contribution < -0.4 is 0 Å². The smallest absolute Gasteiger partial charge is 0.309 e. The van der Waals surface area contributed by atoms with Crippen LogP contribution >= 0.6 is 0 Å². The molecule has 0 saturated heterocycles. The van der Waals surface area contributed by atoms with E-state index in [1.165, 1.54) is 12.5 Å². The van der Waals surface area contributed by atoms with Crippen LogP contribution in [0.5, 0.6) is 0 Å². The molecule has 0 amide bonds. The van der Waals surface area contributed by atoms with Gasteiger partial charge in [-0.2, -0.15) is 0 Å². The zero-order valence-corrected chi connectivity index (χ0v) is 24.3. The third-order valence-electron chi connectivity index (χ3n) is 13.3. The molecule has 4 fully saturated rings. The van der Waals surface area contributed by atoms with Crippen molar-refractivity contribution in [3.63, 3.8) is 0 Å². The number of fused-ring (bicyclic) bond motifs is 7. The lowest BCUT2D eigenvalue weighted by atomic mass is 9.33. The molecule has 0 aromatic carbocycles. The number of carbonyl (C=O) groups is 3. The number of carboxylic acids is 1. The number of aliphatic carboxylic acids is 1. The summed E-state index contributed by atoms with van der Waals surface area (Å²) in [6.07, 6.45) is 10.0. The molecule has 5 rings (SSSR count). The molecule has 5 nitrogen and oxygen atoms in total. The highest BCUT2D eigenvalue weighted by Crippen LogP contribution is 2.75. The van der Waals surface area contributed by atoms with Crippen LogP contribution in [0.25, 0.3) is 0 Å². The number of hydrogen-bond donors (Lipinski definition) is 1. The SMILES string of the molecule is CC(=O)O[C@H]1CC[C@@]2(C)[C@H](CC[C@]3(C)[C@@H]2C(=O)C=C2[C@H]4C[C@@](C)(C(=O)O)CC[C@]4(C)CC[C@]23C)C1(C)C. The molecule has 0 aliphatic heterocycles. The van der Waals surface area contributed by atoms with E-state index in [0.29, 0.717) is 18.8 Å². The van der Waals surface area contributed by atoms with E-state index in [1.807, 2.05) is 13.0 Å². The van der Waals surface area contributed by atoms with Crippen molar-refractivity contribution in [2.45, 2.75) is 119 Å². The van der Waals surface area contributed by atoms with E-state index in [4.69, 9.17) is 4.74 Å². The Morgan fingerprint density at radius 2 is 1.57 bits per heavy atom. The molecular weight excluding hydrogens is 464 g/mol. The number of carboxylic acid groups (broad SMARTS) is 1. The van der Waals surface area contributed by atoms with E-state index in [1.54, 1.807) is 0 Å². The Balaban J connectivity index is 1.58. The normalized spacial score (nSPS) is 50.5. The van der Waals surface area contributed by atoms with Crippen molar-refractivity contribution < 1.29 is 24.2 Å². The van der Waals surface area contributed by atoms with Crippen LogP contribution in [-0.2, 0) is 19.1 Å². The third kappa shape index (κ3) is 3.43. The molecule has 5 heteroatoms. The lowest BCUT2D eigenvalue weighted by Crippen LogP contribution is -2.66. The molecule has 5 aliphatic carbocycles. The molecule has 206 valence electrons. The van der Waals surface area contributed by atoms with Crippen molar-refractivity contribution in [2.75, 3.05) is 0 Å². The van der Waals surface area contributed by atoms with Gasteiger partial charge in [-0.05, 0) is 104 Å². The van der Waals surface area contributed by atoms with Gasteiger partial charge in [0.15, 0.2) is 5.78 Å². The van der Waals surface area contributed by atoms with Crippen molar-refractivity contribution in [1.82, 2.24) is 0 Å². The highest BCUT2D eigenvalue weighted by atomic mass is 16.5. The van der Waals surface area contributed by atoms with Gasteiger partial charge in [-0.3, -0.25) is 14.4 Å². The number of ketones is 1. The van der Waals surface area contributed by atoms with E-state index >= 15 is 0 Å². The molecule has 0 bridgehead atoms. The van der Waals surface area contributed by atoms with E-state index in [0.717, 1.165) is 44.9 Å². The van der Waals surface area contributed by atoms with Crippen LogP contribution in [0, 0.1) is 50.2 Å². The van der Waals surface area contributed by atoms with Gasteiger partial charge in [0.05, 0.1) is 5.41 Å². The van der Waals surface area contributed by atoms with E-state index in [2.05, 4.69) is 41.5 Å². The summed E-state index contributed by atoms with van der Waals surface area (Å²) in [7, 11) is 0. The first-order chi connectivity index (χ1) is 16.9. The summed E-state index contributed by atoms with van der Waals surface area (Å²) >= 11 is 0. The van der Waals surface area contributed by atoms with Crippen LogP contribution in [-0.4, -0.2) is 28.9 Å². The zero-order chi connectivity index (χ0) is 27.4. The number of allylic oxidation sites excluding steroid dienone is 2. The molecule has 1 N–H and O–H groups in total. The standard InChI is InChI=1S/C32H48O5/c1-19(33)37-24-10-11-30(6)23(27(24,2)3)9-12-32(8)25(30)22(34)17-20-21-18-29(5,26(35)36)14-13-28(21,4)15-16-31(20,32)7/h17,21,23-25H,9-16,18H2,1-8H3,(H,35,36)/t21-,23-,24+,25-,28-,29+,30+,31-,32-/m1/s1. The molecule has 4 saturated carbocycles. The number of esters is 1. The quantitative estimate of drug-likeness (QED) is 0.404. The minimum Gasteiger partial charge on any atom is -0.481 e. The largest absolute Gasteiger partial charge is 0.481 e. The van der Waals surface area contributed by atoms with Crippen molar-refractivity contribution in [2.24, 2.45) is 50.2 Å². The van der Waals surface area contributed by atoms with Crippen LogP contribution in [0.4, 0.5) is 0 Å². The lowest BCUT2D eigenvalue weighted by Gasteiger charge is -2.70. The van der Waals surface area contributed by atoms with Crippen molar-refractivity contribution in [3.05, 3.63) is 11.6 Å². The molecule has 9 atom stereocenters. The average Bonchev–Trinajstić information content (AvgIpc) is 2.78. The van der Waals surface area contributed by atoms with Crippen LogP contribution in [0.1, 0.15) is 113 Å². The summed E-state index contributed by atoms with van der Waals surface area (Å²) in [6.45, 7) is 17.4. The lowest BCUT2D eigenvalue weighted by molar-refractivity contribution is -0.210. The van der Waals surface area contributed by atoms with Gasteiger partial charge < -0.3 is 9.84 Å². The number of hydrogen-bond acceptors (Lipinski definition) is 4. The van der Waals surface area contributed by atoms with Gasteiger partial charge in [0.2, 0.25) is 0 Å². The Labute approximate surface area is 223 Å². The number of carbonyl (C=O) groups excluding carboxylic acids is 2. The van der Waals surface area contributed by atoms with Gasteiger partial charge in [-0.15, -0.1) is 0 Å². The van der Waals surface area contributed by atoms with Crippen LogP contribution in [0.15, 0.2) is 11.6 Å². The Kier molecular flexibility index (Phi) is 5.78. The Bertz CT molecular complexity index is 1070. The summed E-state index contributed by atoms with van der Waals surface area (Å²) in [5.41, 5.74) is -0.0327. The topological polar surface area (TPSA) is 80.7 Å². The molecule has 0 unspecified atom stereocenters. The Morgan fingerprint density at radius 3 is 2.19 bits per heavy atom. The summed E-state index contributed by atoms with van der Waals surface area (Å²) in [6, 6.07) is 0. The summed E-state index contributed by atoms with van der Waals surface area (Å²) < 4.78 is 5.82. The van der Waals surface area contributed by atoms with Gasteiger partial charge >= 0.3 is 11.9 Å². The molecule has 0 aromatic heterocycles. The van der Waals surface area contributed by atoms with Crippen LogP contribution in [0.3, 0.4) is 0 Å². The van der Waals surface area contributed by atoms with Gasteiger partial charge in [-0.1, -0.05) is 47.1 Å². The second-order valence-electron chi connectivity index (χ2n) is 15.5. The first-order valence-corrected chi connectivity index (χ1v) is 14.6. The second-order valence-corrected chi connectivity index (χ2v) is 15.5. The molecule has 0 aromatic rings. The van der Waals surface area contributed by atoms with Crippen molar-refractivity contribution in [1.29, 1.82) is 0 Å². The summed E-state index contributed by atoms with van der Waals surface area (Å²) in [4.78, 5) is 38.5. The first-order valence-electron chi connectivity index (χ1n) is 14.6. The highest BCUT2D eigenvalue weighted by molar-refractivity contribution is 5.95. The van der Waals surface area contributed by atoms with Crippen molar-refractivity contribution in [3.8, 4) is 0 Å².